The minimum Gasteiger partial charge on any atom is -0.289 e. The number of imidazole rings is 1. The molecule has 0 fully saturated rings. The zero-order chi connectivity index (χ0) is 18.4. The zero-order valence-corrected chi connectivity index (χ0v) is 14.3. The summed E-state index contributed by atoms with van der Waals surface area (Å²) in [4.78, 5) is 31.0. The lowest BCUT2D eigenvalue weighted by atomic mass is 9.90. The molecule has 0 unspecified atom stereocenters. The monoisotopic (exact) mass is 350 g/mol. The highest BCUT2D eigenvalue weighted by Gasteiger charge is 2.36. The smallest absolute Gasteiger partial charge is 0.214 e. The van der Waals surface area contributed by atoms with Crippen LogP contribution < -0.4 is 0 Å². The molecular formula is C23H14N2O2. The van der Waals surface area contributed by atoms with E-state index in [2.05, 4.69) is 4.98 Å². The van der Waals surface area contributed by atoms with Crippen LogP contribution in [-0.2, 0) is 0 Å². The molecule has 0 N–H and O–H groups in total. The number of para-hydroxylation sites is 1. The minimum atomic E-state index is -0.216. The van der Waals surface area contributed by atoms with Crippen molar-refractivity contribution in [2.45, 2.75) is 0 Å². The molecule has 1 aliphatic carbocycles. The first kappa shape index (κ1) is 15.5. The number of hydrogen-bond donors (Lipinski definition) is 0. The van der Waals surface area contributed by atoms with Crippen LogP contribution >= 0.6 is 0 Å². The van der Waals surface area contributed by atoms with E-state index >= 15 is 0 Å². The van der Waals surface area contributed by atoms with Gasteiger partial charge in [-0.15, -0.1) is 0 Å². The number of hydrogen-bond acceptors (Lipinski definition) is 3. The van der Waals surface area contributed by atoms with Crippen LogP contribution in [0.4, 0.5) is 0 Å². The van der Waals surface area contributed by atoms with Gasteiger partial charge in [-0.1, -0.05) is 72.8 Å². The van der Waals surface area contributed by atoms with Gasteiger partial charge in [0.15, 0.2) is 0 Å². The van der Waals surface area contributed by atoms with Crippen LogP contribution in [-0.4, -0.2) is 21.1 Å². The molecule has 0 bridgehead atoms. The van der Waals surface area contributed by atoms with Crippen molar-refractivity contribution in [2.24, 2.45) is 0 Å². The largest absolute Gasteiger partial charge is 0.289 e. The van der Waals surface area contributed by atoms with Crippen molar-refractivity contribution in [1.82, 2.24) is 9.55 Å². The molecule has 0 amide bonds. The van der Waals surface area contributed by atoms with Crippen molar-refractivity contribution >= 4 is 11.6 Å². The normalized spacial score (nSPS) is 12.6. The van der Waals surface area contributed by atoms with Crippen LogP contribution in [0.15, 0.2) is 84.9 Å². The predicted octanol–water partition coefficient (Wildman–Crippen LogP) is 4.31. The van der Waals surface area contributed by atoms with Gasteiger partial charge in [0.25, 0.3) is 0 Å². The highest BCUT2D eigenvalue weighted by molar-refractivity contribution is 6.27. The third-order valence-corrected chi connectivity index (χ3v) is 4.77. The molecule has 128 valence electrons. The fourth-order valence-electron chi connectivity index (χ4n) is 3.53. The summed E-state index contributed by atoms with van der Waals surface area (Å²) in [5, 5.41) is 0. The Hall–Kier alpha value is -3.79. The van der Waals surface area contributed by atoms with Crippen molar-refractivity contribution in [3.05, 3.63) is 107 Å². The number of carbonyl (C=O) groups excluding carboxylic acids is 2. The van der Waals surface area contributed by atoms with Crippen LogP contribution in [0.3, 0.4) is 0 Å². The van der Waals surface area contributed by atoms with E-state index in [1.165, 1.54) is 0 Å². The van der Waals surface area contributed by atoms with Crippen LogP contribution in [0.25, 0.3) is 17.1 Å². The number of nitrogens with zero attached hydrogens (tertiary/aromatic N) is 2. The maximum atomic E-state index is 13.3. The standard InChI is InChI=1S/C23H14N2O2/c26-21-17-13-7-8-14-18(17)22(27)20-19(21)24-23(15-9-3-1-4-10-15)25(20)16-11-5-2-6-12-16/h1-14H. The van der Waals surface area contributed by atoms with Gasteiger partial charge in [0.05, 0.1) is 0 Å². The maximum Gasteiger partial charge on any atom is 0.214 e. The molecular weight excluding hydrogens is 336 g/mol. The summed E-state index contributed by atoms with van der Waals surface area (Å²) in [5.74, 6) is 0.187. The molecule has 0 radical (unpaired) electrons. The molecule has 4 aromatic rings. The molecule has 1 aromatic heterocycles. The molecule has 4 nitrogen and oxygen atoms in total. The Morgan fingerprint density at radius 3 is 1.85 bits per heavy atom. The van der Waals surface area contributed by atoms with Gasteiger partial charge in [-0.2, -0.15) is 0 Å². The van der Waals surface area contributed by atoms with E-state index in [4.69, 9.17) is 0 Å². The number of ketones is 2. The first-order valence-electron chi connectivity index (χ1n) is 8.67. The molecule has 0 aliphatic heterocycles. The van der Waals surface area contributed by atoms with Crippen molar-refractivity contribution < 1.29 is 9.59 Å². The van der Waals surface area contributed by atoms with Crippen molar-refractivity contribution in [3.8, 4) is 17.1 Å². The van der Waals surface area contributed by atoms with Gasteiger partial charge in [0.1, 0.15) is 17.2 Å². The van der Waals surface area contributed by atoms with Gasteiger partial charge in [-0.3, -0.25) is 14.2 Å². The first-order valence-corrected chi connectivity index (χ1v) is 8.67. The lowest BCUT2D eigenvalue weighted by molar-refractivity contribution is 0.0972. The Bertz CT molecular complexity index is 1190. The summed E-state index contributed by atoms with van der Waals surface area (Å²) >= 11 is 0. The molecule has 1 heterocycles. The van der Waals surface area contributed by atoms with Gasteiger partial charge in [0.2, 0.25) is 11.6 Å². The second-order valence-electron chi connectivity index (χ2n) is 6.37. The zero-order valence-electron chi connectivity index (χ0n) is 14.3. The maximum absolute atomic E-state index is 13.3. The molecule has 4 heteroatoms. The van der Waals surface area contributed by atoms with E-state index in [9.17, 15) is 9.59 Å². The SMILES string of the molecule is O=C1c2ccccc2C(=O)c2c1nc(-c1ccccc1)n2-c1ccccc1. The number of carbonyl (C=O) groups is 2. The van der Waals surface area contributed by atoms with Gasteiger partial charge >= 0.3 is 0 Å². The molecule has 5 rings (SSSR count). The molecule has 3 aromatic carbocycles. The van der Waals surface area contributed by atoms with Crippen LogP contribution in [0.2, 0.25) is 0 Å². The molecule has 27 heavy (non-hydrogen) atoms. The van der Waals surface area contributed by atoms with Crippen LogP contribution in [0.5, 0.6) is 0 Å². The van der Waals surface area contributed by atoms with Crippen LogP contribution in [0, 0.1) is 0 Å². The molecule has 0 saturated carbocycles. The fourth-order valence-corrected chi connectivity index (χ4v) is 3.53. The quantitative estimate of drug-likeness (QED) is 0.476. The predicted molar refractivity (Wildman–Crippen MR) is 102 cm³/mol. The fraction of sp³-hybridized carbons (Fsp3) is 0. The van der Waals surface area contributed by atoms with E-state index in [1.807, 2.05) is 60.7 Å². The third kappa shape index (κ3) is 2.27. The molecule has 0 spiro atoms. The lowest BCUT2D eigenvalue weighted by Gasteiger charge is -2.16. The van der Waals surface area contributed by atoms with E-state index in [0.717, 1.165) is 11.3 Å². The molecule has 0 saturated heterocycles. The van der Waals surface area contributed by atoms with Gasteiger partial charge in [0, 0.05) is 22.4 Å². The van der Waals surface area contributed by atoms with Gasteiger partial charge in [-0.25, -0.2) is 4.98 Å². The molecule has 0 atom stereocenters. The summed E-state index contributed by atoms with van der Waals surface area (Å²) < 4.78 is 1.79. The van der Waals surface area contributed by atoms with E-state index in [1.54, 1.807) is 28.8 Å². The summed E-state index contributed by atoms with van der Waals surface area (Å²) in [6, 6.07) is 26.1. The van der Waals surface area contributed by atoms with Crippen molar-refractivity contribution in [2.75, 3.05) is 0 Å². The average molecular weight is 350 g/mol. The summed E-state index contributed by atoms with van der Waals surface area (Å²) in [6.45, 7) is 0. The first-order chi connectivity index (χ1) is 13.3. The topological polar surface area (TPSA) is 52.0 Å². The lowest BCUT2D eigenvalue weighted by Crippen LogP contribution is -2.22. The number of rotatable bonds is 2. The van der Waals surface area contributed by atoms with Gasteiger partial charge in [-0.05, 0) is 12.1 Å². The van der Waals surface area contributed by atoms with Crippen molar-refractivity contribution in [1.29, 1.82) is 0 Å². The highest BCUT2D eigenvalue weighted by atomic mass is 16.1. The van der Waals surface area contributed by atoms with Crippen LogP contribution in [0.1, 0.15) is 32.1 Å². The van der Waals surface area contributed by atoms with E-state index in [0.29, 0.717) is 22.6 Å². The highest BCUT2D eigenvalue weighted by Crippen LogP contribution is 2.33. The second-order valence-corrected chi connectivity index (χ2v) is 6.37. The summed E-state index contributed by atoms with van der Waals surface area (Å²) in [6.07, 6.45) is 0. The minimum absolute atomic E-state index is 0.182. The Labute approximate surface area is 155 Å². The van der Waals surface area contributed by atoms with Gasteiger partial charge < -0.3 is 0 Å². The summed E-state index contributed by atoms with van der Waals surface area (Å²) in [7, 11) is 0. The number of fused-ring (bicyclic) bond motifs is 2. The summed E-state index contributed by atoms with van der Waals surface area (Å²) in [5.41, 5.74) is 3.01. The van der Waals surface area contributed by atoms with Crippen molar-refractivity contribution in [3.63, 3.8) is 0 Å². The Morgan fingerprint density at radius 2 is 1.19 bits per heavy atom. The number of benzene rings is 3. The Balaban J connectivity index is 1.86. The number of aromatic nitrogens is 2. The second kappa shape index (κ2) is 5.88. The third-order valence-electron chi connectivity index (χ3n) is 4.77. The van der Waals surface area contributed by atoms with E-state index in [-0.39, 0.29) is 17.3 Å². The Kier molecular flexibility index (Phi) is 3.37. The van der Waals surface area contributed by atoms with E-state index < -0.39 is 0 Å². The average Bonchev–Trinajstić information content (AvgIpc) is 3.14. The molecule has 1 aliphatic rings. The Morgan fingerprint density at radius 1 is 0.630 bits per heavy atom.